The van der Waals surface area contributed by atoms with Crippen LogP contribution in [0.4, 0.5) is 5.69 Å². The molecule has 9 nitrogen and oxygen atoms in total. The molecule has 4 aromatic rings. The second-order valence-electron chi connectivity index (χ2n) is 9.63. The van der Waals surface area contributed by atoms with Crippen molar-refractivity contribution in [1.29, 1.82) is 0 Å². The number of nitro benzene ring substituents is 1. The van der Waals surface area contributed by atoms with Gasteiger partial charge in [0.2, 0.25) is 0 Å². The third kappa shape index (κ3) is 5.05. The molecule has 1 atom stereocenters. The number of nitrogens with zero attached hydrogens (tertiary/aromatic N) is 3. The molecular formula is C30H27N3O6S. The van der Waals surface area contributed by atoms with Crippen LogP contribution in [-0.4, -0.2) is 22.1 Å². The summed E-state index contributed by atoms with van der Waals surface area (Å²) in [7, 11) is 0. The SMILES string of the molecule is CCOC(=O)C1=C(C)N=c2s/c(=C\c3ccc(-c4ccc([N+](=O)[O-])cc4)o3)c(=O)n2[C@H]1c1ccc(C(C)C)cc1. The van der Waals surface area contributed by atoms with E-state index in [-0.39, 0.29) is 17.9 Å². The van der Waals surface area contributed by atoms with Gasteiger partial charge in [0.25, 0.3) is 11.2 Å². The lowest BCUT2D eigenvalue weighted by Crippen LogP contribution is -2.39. The molecule has 2 aromatic carbocycles. The van der Waals surface area contributed by atoms with Crippen molar-refractivity contribution < 1.29 is 18.9 Å². The molecule has 3 heterocycles. The van der Waals surface area contributed by atoms with Crippen molar-refractivity contribution in [2.24, 2.45) is 4.99 Å². The highest BCUT2D eigenvalue weighted by Gasteiger charge is 2.33. The summed E-state index contributed by atoms with van der Waals surface area (Å²) in [6.45, 7) is 7.90. The Morgan fingerprint density at radius 1 is 1.15 bits per heavy atom. The van der Waals surface area contributed by atoms with E-state index in [9.17, 15) is 19.7 Å². The van der Waals surface area contributed by atoms with Crippen LogP contribution in [0, 0.1) is 10.1 Å². The zero-order valence-electron chi connectivity index (χ0n) is 22.4. The van der Waals surface area contributed by atoms with Crippen molar-refractivity contribution >= 4 is 29.1 Å². The highest BCUT2D eigenvalue weighted by molar-refractivity contribution is 7.07. The number of carbonyl (C=O) groups is 1. The zero-order valence-corrected chi connectivity index (χ0v) is 23.2. The Balaban J connectivity index is 1.59. The molecule has 40 heavy (non-hydrogen) atoms. The number of hydrogen-bond acceptors (Lipinski definition) is 8. The van der Waals surface area contributed by atoms with E-state index >= 15 is 0 Å². The van der Waals surface area contributed by atoms with Crippen molar-refractivity contribution in [2.45, 2.75) is 39.7 Å². The van der Waals surface area contributed by atoms with Crippen molar-refractivity contribution in [2.75, 3.05) is 6.61 Å². The Hall–Kier alpha value is -4.57. The third-order valence-electron chi connectivity index (χ3n) is 6.70. The third-order valence-corrected chi connectivity index (χ3v) is 7.68. The van der Waals surface area contributed by atoms with Gasteiger partial charge >= 0.3 is 5.97 Å². The second kappa shape index (κ2) is 10.9. The summed E-state index contributed by atoms with van der Waals surface area (Å²) in [5.41, 5.74) is 3.13. The molecular weight excluding hydrogens is 530 g/mol. The lowest BCUT2D eigenvalue weighted by atomic mass is 9.93. The van der Waals surface area contributed by atoms with Crippen LogP contribution in [0.1, 0.15) is 56.5 Å². The average molecular weight is 558 g/mol. The van der Waals surface area contributed by atoms with Crippen LogP contribution < -0.4 is 14.9 Å². The number of aromatic nitrogens is 1. The summed E-state index contributed by atoms with van der Waals surface area (Å²) in [6, 6.07) is 16.7. The molecule has 0 N–H and O–H groups in total. The Morgan fingerprint density at radius 3 is 2.48 bits per heavy atom. The van der Waals surface area contributed by atoms with Gasteiger partial charge in [-0.05, 0) is 55.2 Å². The van der Waals surface area contributed by atoms with Crippen LogP contribution in [-0.2, 0) is 9.53 Å². The molecule has 2 aromatic heterocycles. The lowest BCUT2D eigenvalue weighted by Gasteiger charge is -2.25. The maximum absolute atomic E-state index is 13.8. The van der Waals surface area contributed by atoms with Gasteiger partial charge in [0.1, 0.15) is 11.5 Å². The molecule has 0 radical (unpaired) electrons. The Kier molecular flexibility index (Phi) is 7.36. The molecule has 0 saturated carbocycles. The summed E-state index contributed by atoms with van der Waals surface area (Å²) in [6.07, 6.45) is 1.64. The van der Waals surface area contributed by atoms with E-state index in [2.05, 4.69) is 18.8 Å². The van der Waals surface area contributed by atoms with E-state index in [0.717, 1.165) is 11.1 Å². The number of non-ortho nitro benzene ring substituents is 1. The quantitative estimate of drug-likeness (QED) is 0.178. The molecule has 0 saturated heterocycles. The first-order chi connectivity index (χ1) is 19.2. The summed E-state index contributed by atoms with van der Waals surface area (Å²) >= 11 is 1.21. The smallest absolute Gasteiger partial charge is 0.338 e. The fourth-order valence-electron chi connectivity index (χ4n) is 4.63. The molecule has 1 aliphatic rings. The van der Waals surface area contributed by atoms with Crippen LogP contribution >= 0.6 is 11.3 Å². The minimum atomic E-state index is -0.689. The van der Waals surface area contributed by atoms with E-state index in [0.29, 0.717) is 43.6 Å². The molecule has 0 spiro atoms. The number of allylic oxidation sites excluding steroid dienone is 1. The number of rotatable bonds is 7. The number of nitro groups is 1. The predicted octanol–water partition coefficient (Wildman–Crippen LogP) is 5.09. The van der Waals surface area contributed by atoms with Crippen LogP contribution in [0.3, 0.4) is 0 Å². The number of thiazole rings is 1. The Labute approximate surface area is 233 Å². The minimum Gasteiger partial charge on any atom is -0.463 e. The van der Waals surface area contributed by atoms with E-state index in [1.165, 1.54) is 23.5 Å². The van der Waals surface area contributed by atoms with Crippen LogP contribution in [0.5, 0.6) is 0 Å². The normalized spacial score (nSPS) is 15.2. The maximum atomic E-state index is 13.8. The highest BCUT2D eigenvalue weighted by Crippen LogP contribution is 2.31. The number of benzene rings is 2. The Bertz CT molecular complexity index is 1810. The number of fused-ring (bicyclic) bond motifs is 1. The van der Waals surface area contributed by atoms with Gasteiger partial charge in [0.05, 0.1) is 33.4 Å². The average Bonchev–Trinajstić information content (AvgIpc) is 3.52. The minimum absolute atomic E-state index is 0.0116. The van der Waals surface area contributed by atoms with Crippen LogP contribution in [0.25, 0.3) is 17.4 Å². The van der Waals surface area contributed by atoms with Crippen LogP contribution in [0.15, 0.2) is 86.1 Å². The first-order valence-corrected chi connectivity index (χ1v) is 13.6. The predicted molar refractivity (Wildman–Crippen MR) is 152 cm³/mol. The largest absolute Gasteiger partial charge is 0.463 e. The van der Waals surface area contributed by atoms with Gasteiger partial charge in [0, 0.05) is 23.8 Å². The molecule has 204 valence electrons. The van der Waals surface area contributed by atoms with E-state index in [1.54, 1.807) is 48.8 Å². The van der Waals surface area contributed by atoms with Gasteiger partial charge in [-0.2, -0.15) is 0 Å². The first-order valence-electron chi connectivity index (χ1n) is 12.8. The molecule has 0 fully saturated rings. The van der Waals surface area contributed by atoms with Crippen LogP contribution in [0.2, 0.25) is 0 Å². The summed E-state index contributed by atoms with van der Waals surface area (Å²) in [4.78, 5) is 42.4. The van der Waals surface area contributed by atoms with Gasteiger partial charge in [0.15, 0.2) is 4.80 Å². The molecule has 0 amide bonds. The monoisotopic (exact) mass is 557 g/mol. The summed E-state index contributed by atoms with van der Waals surface area (Å²) in [5.74, 6) is 0.784. The topological polar surface area (TPSA) is 117 Å². The van der Waals surface area contributed by atoms with Gasteiger partial charge in [-0.25, -0.2) is 9.79 Å². The Morgan fingerprint density at radius 2 is 1.85 bits per heavy atom. The zero-order chi connectivity index (χ0) is 28.6. The van der Waals surface area contributed by atoms with Gasteiger partial charge < -0.3 is 9.15 Å². The number of carbonyl (C=O) groups excluding carboxylic acids is 1. The molecule has 1 aliphatic heterocycles. The molecule has 5 rings (SSSR count). The van der Waals surface area contributed by atoms with E-state index < -0.39 is 16.9 Å². The number of ether oxygens (including phenoxy) is 1. The highest BCUT2D eigenvalue weighted by atomic mass is 32.1. The molecule has 0 bridgehead atoms. The van der Waals surface area contributed by atoms with Crippen molar-refractivity contribution in [3.05, 3.63) is 119 Å². The number of hydrogen-bond donors (Lipinski definition) is 0. The molecule has 0 aliphatic carbocycles. The number of esters is 1. The van der Waals surface area contributed by atoms with E-state index in [1.807, 2.05) is 24.3 Å². The van der Waals surface area contributed by atoms with Crippen molar-refractivity contribution in [1.82, 2.24) is 4.57 Å². The first kappa shape index (κ1) is 27.0. The molecule has 10 heteroatoms. The standard InChI is InChI=1S/C30H27N3O6S/c1-5-38-29(35)26-18(4)31-30-32(27(26)21-8-6-19(7-9-21)17(2)3)28(34)25(40-30)16-23-14-15-24(39-23)20-10-12-22(13-11-20)33(36)37/h6-17,27H,5H2,1-4H3/b25-16-/t27-/m0/s1. The summed E-state index contributed by atoms with van der Waals surface area (Å²) in [5, 5.41) is 10.9. The van der Waals surface area contributed by atoms with Crippen molar-refractivity contribution in [3.63, 3.8) is 0 Å². The van der Waals surface area contributed by atoms with Crippen molar-refractivity contribution in [3.8, 4) is 11.3 Å². The van der Waals surface area contributed by atoms with E-state index in [4.69, 9.17) is 9.15 Å². The van der Waals surface area contributed by atoms with Gasteiger partial charge in [-0.1, -0.05) is 49.4 Å². The summed E-state index contributed by atoms with van der Waals surface area (Å²) < 4.78 is 13.2. The number of furan rings is 1. The maximum Gasteiger partial charge on any atom is 0.338 e. The lowest BCUT2D eigenvalue weighted by molar-refractivity contribution is -0.384. The van der Waals surface area contributed by atoms with Gasteiger partial charge in [-0.3, -0.25) is 19.5 Å². The fourth-order valence-corrected chi connectivity index (χ4v) is 5.66. The van der Waals surface area contributed by atoms with Gasteiger partial charge in [-0.15, -0.1) is 0 Å². The fraction of sp³-hybridized carbons (Fsp3) is 0.233. The second-order valence-corrected chi connectivity index (χ2v) is 10.6. The molecule has 0 unspecified atom stereocenters.